The maximum atomic E-state index is 9.09. The van der Waals surface area contributed by atoms with Crippen molar-refractivity contribution in [2.75, 3.05) is 0 Å². The van der Waals surface area contributed by atoms with Crippen molar-refractivity contribution in [1.29, 1.82) is 5.26 Å². The summed E-state index contributed by atoms with van der Waals surface area (Å²) in [5, 5.41) is 10.0. The molecule has 0 aromatic carbocycles. The molecule has 9 heteroatoms. The number of aromatic nitrogens is 5. The summed E-state index contributed by atoms with van der Waals surface area (Å²) < 4.78 is 11.6. The van der Waals surface area contributed by atoms with Gasteiger partial charge in [0.2, 0.25) is 5.88 Å². The van der Waals surface area contributed by atoms with Gasteiger partial charge < -0.3 is 14.5 Å². The number of rotatable bonds is 5. The molecule has 0 aliphatic heterocycles. The number of fused-ring (bicyclic) bond motifs is 1. The van der Waals surface area contributed by atoms with Gasteiger partial charge in [-0.1, -0.05) is 24.4 Å². The van der Waals surface area contributed by atoms with Gasteiger partial charge in [-0.2, -0.15) is 15.2 Å². The number of terminal acetylenes is 1. The van der Waals surface area contributed by atoms with E-state index in [9.17, 15) is 0 Å². The van der Waals surface area contributed by atoms with Crippen molar-refractivity contribution < 1.29 is 9.47 Å². The molecule has 0 unspecified atom stereocenters. The van der Waals surface area contributed by atoms with Gasteiger partial charge in [-0.25, -0.2) is 0 Å². The highest BCUT2D eigenvalue weighted by molar-refractivity contribution is 6.36. The molecule has 0 fully saturated rings. The van der Waals surface area contributed by atoms with Crippen molar-refractivity contribution in [3.05, 3.63) is 58.8 Å². The van der Waals surface area contributed by atoms with Crippen LogP contribution in [-0.2, 0) is 6.42 Å². The molecule has 4 heterocycles. The lowest BCUT2D eigenvalue weighted by atomic mass is 10.3. The molecule has 4 rings (SSSR count). The summed E-state index contributed by atoms with van der Waals surface area (Å²) in [5.41, 5.74) is 2.13. The first kappa shape index (κ1) is 19.2. The quantitative estimate of drug-likeness (QED) is 0.480. The Balaban J connectivity index is 1.80. The van der Waals surface area contributed by atoms with E-state index in [0.717, 1.165) is 5.69 Å². The molecule has 0 spiro atoms. The molecule has 0 aliphatic carbocycles. The zero-order chi connectivity index (χ0) is 21.1. The summed E-state index contributed by atoms with van der Waals surface area (Å²) >= 11 is 6.51. The van der Waals surface area contributed by atoms with Crippen LogP contribution in [0.3, 0.4) is 0 Å². The summed E-state index contributed by atoms with van der Waals surface area (Å²) in [6.07, 6.45) is 12.0. The van der Waals surface area contributed by atoms with E-state index in [1.165, 1.54) is 18.6 Å². The third-order valence-electron chi connectivity index (χ3n) is 4.11. The molecule has 0 atom stereocenters. The fourth-order valence-electron chi connectivity index (χ4n) is 2.73. The molecule has 4 aromatic heterocycles. The Morgan fingerprint density at radius 1 is 1.07 bits per heavy atom. The van der Waals surface area contributed by atoms with Crippen LogP contribution in [0.2, 0.25) is 5.02 Å². The smallest absolute Gasteiger partial charge is 0.327 e. The fraction of sp³-hybridized carbons (Fsp3) is 0.0952. The molecule has 0 aliphatic rings. The highest BCUT2D eigenvalue weighted by Gasteiger charge is 2.19. The van der Waals surface area contributed by atoms with Crippen LogP contribution in [0, 0.1) is 23.7 Å². The average Bonchev–Trinajstić information content (AvgIpc) is 3.09. The number of H-pyrrole nitrogens is 1. The lowest BCUT2D eigenvalue weighted by Gasteiger charge is -2.09. The molecule has 4 aromatic rings. The van der Waals surface area contributed by atoms with Crippen LogP contribution in [0.25, 0.3) is 11.0 Å². The van der Waals surface area contributed by atoms with E-state index in [-0.39, 0.29) is 11.9 Å². The van der Waals surface area contributed by atoms with Crippen LogP contribution in [0.4, 0.5) is 0 Å². The third-order valence-corrected chi connectivity index (χ3v) is 4.53. The minimum atomic E-state index is 0.0124. The summed E-state index contributed by atoms with van der Waals surface area (Å²) in [6.45, 7) is 1.96. The van der Waals surface area contributed by atoms with Crippen LogP contribution in [-0.4, -0.2) is 24.9 Å². The first-order valence-electron chi connectivity index (χ1n) is 8.82. The zero-order valence-electron chi connectivity index (χ0n) is 15.7. The highest BCUT2D eigenvalue weighted by Crippen LogP contribution is 2.37. The van der Waals surface area contributed by atoms with E-state index in [1.54, 1.807) is 18.3 Å². The van der Waals surface area contributed by atoms with E-state index in [1.807, 2.05) is 13.0 Å². The average molecular weight is 417 g/mol. The Kier molecular flexibility index (Phi) is 5.17. The number of hydrogen-bond donors (Lipinski definition) is 1. The number of aryl methyl sites for hydroxylation is 1. The normalized spacial score (nSPS) is 10.4. The Morgan fingerprint density at radius 2 is 1.77 bits per heavy atom. The predicted octanol–water partition coefficient (Wildman–Crippen LogP) is 4.40. The Bertz CT molecular complexity index is 1340. The first-order chi connectivity index (χ1) is 14.6. The molecule has 0 bridgehead atoms. The Labute approximate surface area is 176 Å². The third kappa shape index (κ3) is 3.72. The topological polar surface area (TPSA) is 110 Å². The van der Waals surface area contributed by atoms with Crippen LogP contribution in [0.5, 0.6) is 23.4 Å². The van der Waals surface area contributed by atoms with Gasteiger partial charge in [-0.15, -0.1) is 6.42 Å². The maximum Gasteiger partial charge on any atom is 0.327 e. The molecule has 30 heavy (non-hydrogen) atoms. The van der Waals surface area contributed by atoms with Gasteiger partial charge in [-0.05, 0) is 12.5 Å². The predicted molar refractivity (Wildman–Crippen MR) is 110 cm³/mol. The van der Waals surface area contributed by atoms with E-state index in [4.69, 9.17) is 32.8 Å². The number of hydrogen-bond acceptors (Lipinski definition) is 7. The molecule has 1 N–H and O–H groups in total. The largest absolute Gasteiger partial charge is 0.436 e. The number of ether oxygens (including phenoxy) is 2. The second kappa shape index (κ2) is 8.08. The number of halogens is 1. The first-order valence-corrected chi connectivity index (χ1v) is 9.19. The van der Waals surface area contributed by atoms with E-state index >= 15 is 0 Å². The summed E-state index contributed by atoms with van der Waals surface area (Å²) in [4.78, 5) is 19.9. The SMILES string of the molecule is C#Cc1cncc(Oc2nc(Oc3cncc(C#N)c3)c3c(Cl)c(CC)[nH]c3n2)c1. The lowest BCUT2D eigenvalue weighted by Crippen LogP contribution is -1.97. The molecule has 0 saturated carbocycles. The Morgan fingerprint density at radius 3 is 2.47 bits per heavy atom. The summed E-state index contributed by atoms with van der Waals surface area (Å²) in [5.74, 6) is 3.35. The van der Waals surface area contributed by atoms with Crippen molar-refractivity contribution >= 4 is 22.6 Å². The standard InChI is InChI=1S/C21H13ClN6O2/c1-3-12-5-15(11-24-8-12)30-21-27-19-17(18(22)16(4-2)26-19)20(28-21)29-14-6-13(7-23)9-25-10-14/h1,5-6,8-11H,4H2,2H3,(H,26,27,28). The highest BCUT2D eigenvalue weighted by atomic mass is 35.5. The molecular weight excluding hydrogens is 404 g/mol. The van der Waals surface area contributed by atoms with Crippen molar-refractivity contribution in [2.45, 2.75) is 13.3 Å². The fourth-order valence-corrected chi connectivity index (χ4v) is 3.08. The molecular formula is C21H13ClN6O2. The van der Waals surface area contributed by atoms with Crippen molar-refractivity contribution in [3.8, 4) is 41.8 Å². The molecule has 0 saturated heterocycles. The molecule has 8 nitrogen and oxygen atoms in total. The minimum absolute atomic E-state index is 0.0124. The van der Waals surface area contributed by atoms with E-state index < -0.39 is 0 Å². The van der Waals surface area contributed by atoms with Gasteiger partial charge in [0.1, 0.15) is 22.9 Å². The second-order valence-corrected chi connectivity index (χ2v) is 6.46. The minimum Gasteiger partial charge on any atom is -0.436 e. The van der Waals surface area contributed by atoms with Gasteiger partial charge in [0.15, 0.2) is 5.75 Å². The van der Waals surface area contributed by atoms with Gasteiger partial charge in [-0.3, -0.25) is 9.97 Å². The summed E-state index contributed by atoms with van der Waals surface area (Å²) in [6, 6.07) is 5.21. The number of aromatic amines is 1. The number of nitriles is 1. The number of pyridine rings is 2. The van der Waals surface area contributed by atoms with Gasteiger partial charge in [0.05, 0.1) is 23.0 Å². The van der Waals surface area contributed by atoms with Crippen LogP contribution in [0.1, 0.15) is 23.7 Å². The monoisotopic (exact) mass is 416 g/mol. The van der Waals surface area contributed by atoms with Crippen molar-refractivity contribution in [2.24, 2.45) is 0 Å². The van der Waals surface area contributed by atoms with E-state index in [2.05, 4.69) is 30.8 Å². The Hall–Kier alpha value is -4.14. The van der Waals surface area contributed by atoms with Crippen LogP contribution >= 0.6 is 11.6 Å². The van der Waals surface area contributed by atoms with Crippen molar-refractivity contribution in [1.82, 2.24) is 24.9 Å². The lowest BCUT2D eigenvalue weighted by molar-refractivity contribution is 0.415. The van der Waals surface area contributed by atoms with Crippen LogP contribution in [0.15, 0.2) is 36.9 Å². The molecule has 0 radical (unpaired) electrons. The second-order valence-electron chi connectivity index (χ2n) is 6.08. The van der Waals surface area contributed by atoms with Crippen molar-refractivity contribution in [3.63, 3.8) is 0 Å². The van der Waals surface area contributed by atoms with Gasteiger partial charge in [0.25, 0.3) is 0 Å². The van der Waals surface area contributed by atoms with Crippen LogP contribution < -0.4 is 9.47 Å². The van der Waals surface area contributed by atoms with Gasteiger partial charge in [0, 0.05) is 29.7 Å². The zero-order valence-corrected chi connectivity index (χ0v) is 16.4. The molecule has 146 valence electrons. The summed E-state index contributed by atoms with van der Waals surface area (Å²) in [7, 11) is 0. The number of nitrogens with zero attached hydrogens (tertiary/aromatic N) is 5. The molecule has 0 amide bonds. The van der Waals surface area contributed by atoms with Gasteiger partial charge >= 0.3 is 6.01 Å². The maximum absolute atomic E-state index is 9.09. The number of nitrogens with one attached hydrogen (secondary N) is 1. The van der Waals surface area contributed by atoms with E-state index in [0.29, 0.717) is 45.1 Å².